The van der Waals surface area contributed by atoms with E-state index in [1.165, 1.54) is 5.56 Å². The number of hydrogen-bond acceptors (Lipinski definition) is 2. The molecule has 0 aliphatic heterocycles. The molecule has 3 heteroatoms. The SMILES string of the molecule is CCN(CC)Cc1cncc(Br)c1. The standard InChI is InChI=1S/C10H15BrN2/c1-3-13(4-2)8-9-5-10(11)7-12-6-9/h5-7H,3-4,8H2,1-2H3. The van der Waals surface area contributed by atoms with Crippen molar-refractivity contribution in [1.29, 1.82) is 0 Å². The quantitative estimate of drug-likeness (QED) is 0.808. The maximum Gasteiger partial charge on any atom is 0.0410 e. The van der Waals surface area contributed by atoms with E-state index < -0.39 is 0 Å². The van der Waals surface area contributed by atoms with E-state index in [0.29, 0.717) is 0 Å². The van der Waals surface area contributed by atoms with Gasteiger partial charge in [0.25, 0.3) is 0 Å². The zero-order valence-corrected chi connectivity index (χ0v) is 9.71. The van der Waals surface area contributed by atoms with Gasteiger partial charge in [-0.2, -0.15) is 0 Å². The summed E-state index contributed by atoms with van der Waals surface area (Å²) >= 11 is 3.41. The molecular formula is C10H15BrN2. The summed E-state index contributed by atoms with van der Waals surface area (Å²) in [5.74, 6) is 0. The van der Waals surface area contributed by atoms with Crippen molar-refractivity contribution in [3.63, 3.8) is 0 Å². The lowest BCUT2D eigenvalue weighted by atomic mass is 10.2. The second-order valence-corrected chi connectivity index (χ2v) is 3.89. The van der Waals surface area contributed by atoms with Crippen molar-refractivity contribution in [1.82, 2.24) is 9.88 Å². The first-order valence-electron chi connectivity index (χ1n) is 4.58. The summed E-state index contributed by atoms with van der Waals surface area (Å²) in [6, 6.07) is 2.12. The van der Waals surface area contributed by atoms with E-state index in [1.807, 2.05) is 12.4 Å². The summed E-state index contributed by atoms with van der Waals surface area (Å²) in [4.78, 5) is 6.50. The molecule has 0 spiro atoms. The highest BCUT2D eigenvalue weighted by atomic mass is 79.9. The molecule has 2 nitrogen and oxygen atoms in total. The minimum atomic E-state index is 0.986. The van der Waals surface area contributed by atoms with Gasteiger partial charge in [-0.15, -0.1) is 0 Å². The summed E-state index contributed by atoms with van der Waals surface area (Å²) in [6.07, 6.45) is 3.73. The van der Waals surface area contributed by atoms with Gasteiger partial charge in [0.1, 0.15) is 0 Å². The molecule has 0 fully saturated rings. The molecule has 13 heavy (non-hydrogen) atoms. The van der Waals surface area contributed by atoms with Crippen LogP contribution < -0.4 is 0 Å². The van der Waals surface area contributed by atoms with Crippen LogP contribution >= 0.6 is 15.9 Å². The fourth-order valence-corrected chi connectivity index (χ4v) is 1.66. The van der Waals surface area contributed by atoms with Gasteiger partial charge in [0.2, 0.25) is 0 Å². The van der Waals surface area contributed by atoms with Crippen LogP contribution in [-0.2, 0) is 6.54 Å². The number of nitrogens with zero attached hydrogens (tertiary/aromatic N) is 2. The average molecular weight is 243 g/mol. The van der Waals surface area contributed by atoms with Gasteiger partial charge in [-0.3, -0.25) is 9.88 Å². The van der Waals surface area contributed by atoms with E-state index in [0.717, 1.165) is 24.1 Å². The lowest BCUT2D eigenvalue weighted by molar-refractivity contribution is 0.295. The predicted molar refractivity (Wildman–Crippen MR) is 58.6 cm³/mol. The zero-order valence-electron chi connectivity index (χ0n) is 8.13. The fraction of sp³-hybridized carbons (Fsp3) is 0.500. The molecular weight excluding hydrogens is 228 g/mol. The normalized spacial score (nSPS) is 10.8. The van der Waals surface area contributed by atoms with E-state index >= 15 is 0 Å². The minimum absolute atomic E-state index is 0.986. The van der Waals surface area contributed by atoms with Gasteiger partial charge in [0.05, 0.1) is 0 Å². The molecule has 0 aliphatic rings. The number of halogens is 1. The Morgan fingerprint density at radius 1 is 1.31 bits per heavy atom. The lowest BCUT2D eigenvalue weighted by Gasteiger charge is -2.17. The molecule has 1 aromatic heterocycles. The number of hydrogen-bond donors (Lipinski definition) is 0. The van der Waals surface area contributed by atoms with Gasteiger partial charge >= 0.3 is 0 Å². The molecule has 0 unspecified atom stereocenters. The van der Waals surface area contributed by atoms with Crippen LogP contribution in [-0.4, -0.2) is 23.0 Å². The number of aromatic nitrogens is 1. The van der Waals surface area contributed by atoms with Gasteiger partial charge in [0, 0.05) is 23.4 Å². The van der Waals surface area contributed by atoms with E-state index in [4.69, 9.17) is 0 Å². The van der Waals surface area contributed by atoms with Gasteiger partial charge in [0.15, 0.2) is 0 Å². The van der Waals surface area contributed by atoms with Crippen molar-refractivity contribution in [3.8, 4) is 0 Å². The summed E-state index contributed by atoms with van der Waals surface area (Å²) < 4.78 is 1.05. The first-order chi connectivity index (χ1) is 6.26. The third-order valence-electron chi connectivity index (χ3n) is 2.06. The molecule has 0 N–H and O–H groups in total. The Morgan fingerprint density at radius 2 is 2.00 bits per heavy atom. The van der Waals surface area contributed by atoms with Crippen molar-refractivity contribution >= 4 is 15.9 Å². The van der Waals surface area contributed by atoms with Crippen molar-refractivity contribution in [3.05, 3.63) is 28.5 Å². The van der Waals surface area contributed by atoms with Gasteiger partial charge in [-0.05, 0) is 40.6 Å². The van der Waals surface area contributed by atoms with Crippen molar-refractivity contribution in [2.24, 2.45) is 0 Å². The van der Waals surface area contributed by atoms with Crippen LogP contribution in [0.25, 0.3) is 0 Å². The van der Waals surface area contributed by atoms with Crippen LogP contribution in [0.15, 0.2) is 22.9 Å². The van der Waals surface area contributed by atoms with Gasteiger partial charge in [-0.25, -0.2) is 0 Å². The maximum absolute atomic E-state index is 4.13. The second kappa shape index (κ2) is 5.35. The first-order valence-corrected chi connectivity index (χ1v) is 5.37. The Labute approximate surface area is 88.1 Å². The zero-order chi connectivity index (χ0) is 9.68. The molecule has 0 bridgehead atoms. The molecule has 1 heterocycles. The third-order valence-corrected chi connectivity index (χ3v) is 2.50. The Bertz CT molecular complexity index is 259. The summed E-state index contributed by atoms with van der Waals surface area (Å²) in [5, 5.41) is 0. The second-order valence-electron chi connectivity index (χ2n) is 2.97. The Kier molecular flexibility index (Phi) is 4.39. The molecule has 1 aromatic rings. The summed E-state index contributed by atoms with van der Waals surface area (Å²) in [5.41, 5.74) is 1.26. The van der Waals surface area contributed by atoms with Crippen LogP contribution in [0.4, 0.5) is 0 Å². The van der Waals surface area contributed by atoms with Crippen LogP contribution in [0, 0.1) is 0 Å². The molecule has 0 radical (unpaired) electrons. The molecule has 0 saturated carbocycles. The largest absolute Gasteiger partial charge is 0.300 e. The van der Waals surface area contributed by atoms with Crippen LogP contribution in [0.5, 0.6) is 0 Å². The van der Waals surface area contributed by atoms with Gasteiger partial charge < -0.3 is 0 Å². The van der Waals surface area contributed by atoms with Crippen LogP contribution in [0.2, 0.25) is 0 Å². The monoisotopic (exact) mass is 242 g/mol. The first kappa shape index (κ1) is 10.7. The number of rotatable bonds is 4. The van der Waals surface area contributed by atoms with Crippen molar-refractivity contribution in [2.45, 2.75) is 20.4 Å². The van der Waals surface area contributed by atoms with Gasteiger partial charge in [-0.1, -0.05) is 13.8 Å². The predicted octanol–water partition coefficient (Wildman–Crippen LogP) is 2.69. The van der Waals surface area contributed by atoms with E-state index in [1.54, 1.807) is 0 Å². The molecule has 0 atom stereocenters. The lowest BCUT2D eigenvalue weighted by Crippen LogP contribution is -2.22. The Morgan fingerprint density at radius 3 is 2.54 bits per heavy atom. The van der Waals surface area contributed by atoms with E-state index in [2.05, 4.69) is 45.7 Å². The molecule has 1 rings (SSSR count). The van der Waals surface area contributed by atoms with Crippen molar-refractivity contribution < 1.29 is 0 Å². The molecule has 72 valence electrons. The smallest absolute Gasteiger partial charge is 0.0410 e. The van der Waals surface area contributed by atoms with E-state index in [9.17, 15) is 0 Å². The third kappa shape index (κ3) is 3.44. The highest BCUT2D eigenvalue weighted by molar-refractivity contribution is 9.10. The van der Waals surface area contributed by atoms with E-state index in [-0.39, 0.29) is 0 Å². The summed E-state index contributed by atoms with van der Waals surface area (Å²) in [7, 11) is 0. The van der Waals surface area contributed by atoms with Crippen LogP contribution in [0.3, 0.4) is 0 Å². The van der Waals surface area contributed by atoms with Crippen molar-refractivity contribution in [2.75, 3.05) is 13.1 Å². The minimum Gasteiger partial charge on any atom is -0.300 e. The Hall–Kier alpha value is -0.410. The topological polar surface area (TPSA) is 16.1 Å². The molecule has 0 aromatic carbocycles. The average Bonchev–Trinajstić information content (AvgIpc) is 2.14. The van der Waals surface area contributed by atoms with Crippen LogP contribution in [0.1, 0.15) is 19.4 Å². The maximum atomic E-state index is 4.13. The Balaban J connectivity index is 2.62. The number of pyridine rings is 1. The molecule has 0 aliphatic carbocycles. The summed E-state index contributed by atoms with van der Waals surface area (Å²) in [6.45, 7) is 7.51. The molecule has 0 amide bonds. The fourth-order valence-electron chi connectivity index (χ4n) is 1.25. The molecule has 0 saturated heterocycles. The highest BCUT2D eigenvalue weighted by Gasteiger charge is 2.01. The highest BCUT2D eigenvalue weighted by Crippen LogP contribution is 2.11.